The Kier molecular flexibility index (Phi) is 9.73. The summed E-state index contributed by atoms with van der Waals surface area (Å²) in [6.07, 6.45) is 1.12. The highest BCUT2D eigenvalue weighted by molar-refractivity contribution is 5.89. The van der Waals surface area contributed by atoms with Crippen LogP contribution in [-0.2, 0) is 9.59 Å². The second-order valence-electron chi connectivity index (χ2n) is 2.52. The number of carboxylic acid groups (broad SMARTS) is 2. The van der Waals surface area contributed by atoms with Crippen molar-refractivity contribution in [2.75, 3.05) is 13.1 Å². The number of rotatable bonds is 4. The molecule has 16 heavy (non-hydrogen) atoms. The summed E-state index contributed by atoms with van der Waals surface area (Å²) in [7, 11) is 0. The third kappa shape index (κ3) is 11.9. The van der Waals surface area contributed by atoms with Gasteiger partial charge in [-0.1, -0.05) is 0 Å². The van der Waals surface area contributed by atoms with Crippen LogP contribution in [0.5, 0.6) is 0 Å². The second kappa shape index (κ2) is 9.50. The Bertz CT molecular complexity index is 255. The van der Waals surface area contributed by atoms with Gasteiger partial charge in [-0.2, -0.15) is 0 Å². The molecule has 92 valence electrons. The minimum Gasteiger partial charge on any atom is -0.478 e. The number of nitrogens with two attached hydrogens (primary N) is 1. The number of primary amides is 1. The molecule has 0 aromatic heterocycles. The number of hydrogen-bond donors (Lipinski definition) is 3. The SMILES string of the molecule is CCN(CC)C(N)=O.O=C(O)/C=C\C(=O)O. The Hall–Kier alpha value is -2.05. The van der Waals surface area contributed by atoms with Crippen molar-refractivity contribution in [3.05, 3.63) is 12.2 Å². The maximum absolute atomic E-state index is 10.3. The molecule has 0 saturated carbocycles. The highest BCUT2D eigenvalue weighted by atomic mass is 16.4. The molecular weight excluding hydrogens is 216 g/mol. The van der Waals surface area contributed by atoms with Crippen LogP contribution in [0.1, 0.15) is 13.8 Å². The molecule has 0 unspecified atom stereocenters. The van der Waals surface area contributed by atoms with Gasteiger partial charge >= 0.3 is 18.0 Å². The number of nitrogens with zero attached hydrogens (tertiary/aromatic N) is 1. The van der Waals surface area contributed by atoms with E-state index in [1.165, 1.54) is 0 Å². The van der Waals surface area contributed by atoms with Gasteiger partial charge in [-0.3, -0.25) is 0 Å². The van der Waals surface area contributed by atoms with Gasteiger partial charge in [-0.05, 0) is 13.8 Å². The summed E-state index contributed by atoms with van der Waals surface area (Å²) in [6, 6.07) is -0.338. The van der Waals surface area contributed by atoms with Crippen molar-refractivity contribution < 1.29 is 24.6 Å². The van der Waals surface area contributed by atoms with Gasteiger partial charge in [0, 0.05) is 25.2 Å². The first-order valence-electron chi connectivity index (χ1n) is 4.53. The van der Waals surface area contributed by atoms with E-state index in [0.29, 0.717) is 25.2 Å². The molecule has 0 fully saturated rings. The predicted molar refractivity (Wildman–Crippen MR) is 56.9 cm³/mol. The van der Waals surface area contributed by atoms with E-state index in [-0.39, 0.29) is 6.03 Å². The highest BCUT2D eigenvalue weighted by Crippen LogP contribution is 1.82. The van der Waals surface area contributed by atoms with Crippen LogP contribution in [0.25, 0.3) is 0 Å². The first-order valence-corrected chi connectivity index (χ1v) is 4.53. The molecule has 7 nitrogen and oxygen atoms in total. The fourth-order valence-electron chi connectivity index (χ4n) is 0.678. The third-order valence-electron chi connectivity index (χ3n) is 1.44. The molecule has 0 aromatic rings. The fraction of sp³-hybridized carbons (Fsp3) is 0.444. The lowest BCUT2D eigenvalue weighted by Crippen LogP contribution is -2.35. The number of urea groups is 1. The lowest BCUT2D eigenvalue weighted by atomic mass is 10.5. The molecule has 0 aliphatic rings. The molecule has 7 heteroatoms. The van der Waals surface area contributed by atoms with Gasteiger partial charge in [0.25, 0.3) is 0 Å². The van der Waals surface area contributed by atoms with E-state index in [4.69, 9.17) is 15.9 Å². The molecule has 0 rings (SSSR count). The Morgan fingerprint density at radius 3 is 1.44 bits per heavy atom. The molecule has 0 spiro atoms. The van der Waals surface area contributed by atoms with Crippen LogP contribution in [-0.4, -0.2) is 46.2 Å². The van der Waals surface area contributed by atoms with Crippen LogP contribution >= 0.6 is 0 Å². The van der Waals surface area contributed by atoms with E-state index in [0.717, 1.165) is 0 Å². The topological polar surface area (TPSA) is 121 Å². The van der Waals surface area contributed by atoms with Crippen molar-refractivity contribution in [1.29, 1.82) is 0 Å². The van der Waals surface area contributed by atoms with Crippen LogP contribution in [0.15, 0.2) is 12.2 Å². The summed E-state index contributed by atoms with van der Waals surface area (Å²) in [5.41, 5.74) is 4.94. The van der Waals surface area contributed by atoms with Crippen molar-refractivity contribution in [2.24, 2.45) is 5.73 Å². The standard InChI is InChI=1S/C5H12N2O.C4H4O4/c1-3-7(4-2)5(6)8;5-3(6)1-2-4(7)8/h3-4H2,1-2H3,(H2,6,8);1-2H,(H,5,6)(H,7,8)/b;2-1-. The van der Waals surface area contributed by atoms with E-state index in [9.17, 15) is 14.4 Å². The van der Waals surface area contributed by atoms with Crippen molar-refractivity contribution in [1.82, 2.24) is 4.90 Å². The lowest BCUT2D eigenvalue weighted by Gasteiger charge is -2.13. The summed E-state index contributed by atoms with van der Waals surface area (Å²) in [4.78, 5) is 31.0. The maximum atomic E-state index is 10.3. The number of hydrogen-bond acceptors (Lipinski definition) is 3. The lowest BCUT2D eigenvalue weighted by molar-refractivity contribution is -0.134. The molecule has 4 N–H and O–H groups in total. The average molecular weight is 232 g/mol. The zero-order chi connectivity index (χ0) is 13.1. The minimum atomic E-state index is -1.26. The molecule has 0 heterocycles. The summed E-state index contributed by atoms with van der Waals surface area (Å²) >= 11 is 0. The Morgan fingerprint density at radius 1 is 1.06 bits per heavy atom. The van der Waals surface area contributed by atoms with Gasteiger partial charge < -0.3 is 20.8 Å². The number of amides is 2. The maximum Gasteiger partial charge on any atom is 0.328 e. The smallest absolute Gasteiger partial charge is 0.328 e. The molecule has 0 saturated heterocycles. The summed E-state index contributed by atoms with van der Waals surface area (Å²) in [5, 5.41) is 15.6. The Morgan fingerprint density at radius 2 is 1.38 bits per heavy atom. The first kappa shape index (κ1) is 16.4. The molecule has 0 atom stereocenters. The van der Waals surface area contributed by atoms with E-state index in [1.54, 1.807) is 4.90 Å². The van der Waals surface area contributed by atoms with E-state index < -0.39 is 11.9 Å². The van der Waals surface area contributed by atoms with Crippen molar-refractivity contribution in [2.45, 2.75) is 13.8 Å². The number of aliphatic carboxylic acids is 2. The van der Waals surface area contributed by atoms with Gasteiger partial charge in [0.2, 0.25) is 0 Å². The van der Waals surface area contributed by atoms with E-state index >= 15 is 0 Å². The van der Waals surface area contributed by atoms with Crippen molar-refractivity contribution in [3.63, 3.8) is 0 Å². The van der Waals surface area contributed by atoms with E-state index in [2.05, 4.69) is 0 Å². The van der Waals surface area contributed by atoms with Gasteiger partial charge in [0.1, 0.15) is 0 Å². The van der Waals surface area contributed by atoms with Crippen LogP contribution in [0.4, 0.5) is 4.79 Å². The largest absolute Gasteiger partial charge is 0.478 e. The summed E-state index contributed by atoms with van der Waals surface area (Å²) in [6.45, 7) is 5.19. The van der Waals surface area contributed by atoms with Gasteiger partial charge in [0.05, 0.1) is 0 Å². The molecule has 0 aliphatic heterocycles. The average Bonchev–Trinajstić information content (AvgIpc) is 2.17. The molecule has 0 bridgehead atoms. The molecule has 0 radical (unpaired) electrons. The summed E-state index contributed by atoms with van der Waals surface area (Å²) in [5.74, 6) is -2.51. The second-order valence-corrected chi connectivity index (χ2v) is 2.52. The summed E-state index contributed by atoms with van der Waals surface area (Å²) < 4.78 is 0. The minimum absolute atomic E-state index is 0.338. The van der Waals surface area contributed by atoms with E-state index in [1.807, 2.05) is 13.8 Å². The number of carbonyl (C=O) groups excluding carboxylic acids is 1. The van der Waals surface area contributed by atoms with Crippen LogP contribution in [0, 0.1) is 0 Å². The molecular formula is C9H16N2O5. The van der Waals surface area contributed by atoms with Gasteiger partial charge in [-0.15, -0.1) is 0 Å². The van der Waals surface area contributed by atoms with Gasteiger partial charge in [-0.25, -0.2) is 14.4 Å². The van der Waals surface area contributed by atoms with Crippen LogP contribution < -0.4 is 5.73 Å². The predicted octanol–water partition coefficient (Wildman–Crippen LogP) is 0.119. The Balaban J connectivity index is 0. The zero-order valence-electron chi connectivity index (χ0n) is 9.21. The highest BCUT2D eigenvalue weighted by Gasteiger charge is 2.00. The Labute approximate surface area is 93.1 Å². The van der Waals surface area contributed by atoms with Crippen molar-refractivity contribution >= 4 is 18.0 Å². The van der Waals surface area contributed by atoms with Crippen LogP contribution in [0.2, 0.25) is 0 Å². The van der Waals surface area contributed by atoms with Crippen molar-refractivity contribution in [3.8, 4) is 0 Å². The monoisotopic (exact) mass is 232 g/mol. The number of carboxylic acids is 2. The fourth-order valence-corrected chi connectivity index (χ4v) is 0.678. The molecule has 2 amide bonds. The molecule has 0 aromatic carbocycles. The normalized spacial score (nSPS) is 9.12. The third-order valence-corrected chi connectivity index (χ3v) is 1.44. The first-order chi connectivity index (χ1) is 7.34. The zero-order valence-corrected chi connectivity index (χ0v) is 9.21. The molecule has 0 aliphatic carbocycles. The van der Waals surface area contributed by atoms with Gasteiger partial charge in [0.15, 0.2) is 0 Å². The van der Waals surface area contributed by atoms with Crippen LogP contribution in [0.3, 0.4) is 0 Å². The number of carbonyl (C=O) groups is 3. The quantitative estimate of drug-likeness (QED) is 0.594.